The average molecular weight is 273 g/mol. The Morgan fingerprint density at radius 2 is 2.30 bits per heavy atom. The number of aromatic nitrogens is 3. The van der Waals surface area contributed by atoms with Gasteiger partial charge >= 0.3 is 0 Å². The normalized spacial score (nSPS) is 19.6. The minimum atomic E-state index is -0.539. The van der Waals surface area contributed by atoms with Crippen LogP contribution in [0.2, 0.25) is 0 Å². The lowest BCUT2D eigenvalue weighted by Gasteiger charge is -2.25. The van der Waals surface area contributed by atoms with E-state index in [1.54, 1.807) is 10.9 Å². The number of fused-ring (bicyclic) bond motifs is 1. The van der Waals surface area contributed by atoms with Crippen molar-refractivity contribution in [2.24, 2.45) is 0 Å². The van der Waals surface area contributed by atoms with Crippen LogP contribution in [-0.2, 0) is 17.7 Å². The Morgan fingerprint density at radius 3 is 3.15 bits per heavy atom. The third kappa shape index (κ3) is 2.59. The minimum Gasteiger partial charge on any atom is -0.387 e. The van der Waals surface area contributed by atoms with E-state index in [0.717, 1.165) is 13.0 Å². The Labute approximate surface area is 118 Å². The van der Waals surface area contributed by atoms with Crippen molar-refractivity contribution in [2.45, 2.75) is 38.5 Å². The Bertz CT molecular complexity index is 582. The molecular weight excluding hydrogens is 254 g/mol. The van der Waals surface area contributed by atoms with Crippen molar-refractivity contribution >= 4 is 0 Å². The van der Waals surface area contributed by atoms with Crippen molar-refractivity contribution in [3.05, 3.63) is 47.3 Å². The van der Waals surface area contributed by atoms with Gasteiger partial charge in [-0.15, -0.1) is 5.10 Å². The lowest BCUT2D eigenvalue weighted by atomic mass is 9.98. The number of aliphatic hydroxyl groups is 1. The predicted molar refractivity (Wildman–Crippen MR) is 74.1 cm³/mol. The lowest BCUT2D eigenvalue weighted by Crippen LogP contribution is -2.20. The van der Waals surface area contributed by atoms with E-state index in [-0.39, 0.29) is 6.10 Å². The fraction of sp³-hybridized carbons (Fsp3) is 0.467. The van der Waals surface area contributed by atoms with Gasteiger partial charge in [0.2, 0.25) is 0 Å². The van der Waals surface area contributed by atoms with Crippen molar-refractivity contribution in [1.29, 1.82) is 0 Å². The molecule has 0 amide bonds. The Balaban J connectivity index is 1.77. The molecule has 0 bridgehead atoms. The molecule has 0 aliphatic carbocycles. The second-order valence-corrected chi connectivity index (χ2v) is 5.10. The Kier molecular flexibility index (Phi) is 3.80. The number of hydrogen-bond donors (Lipinski definition) is 1. The van der Waals surface area contributed by atoms with Crippen molar-refractivity contribution in [3.8, 4) is 0 Å². The molecule has 2 aromatic rings. The zero-order chi connectivity index (χ0) is 13.9. The molecule has 1 aromatic heterocycles. The van der Waals surface area contributed by atoms with Gasteiger partial charge in [0, 0.05) is 0 Å². The second kappa shape index (κ2) is 5.73. The van der Waals surface area contributed by atoms with Gasteiger partial charge in [0.25, 0.3) is 0 Å². The molecule has 20 heavy (non-hydrogen) atoms. The van der Waals surface area contributed by atoms with Crippen LogP contribution >= 0.6 is 0 Å². The van der Waals surface area contributed by atoms with Crippen LogP contribution < -0.4 is 0 Å². The van der Waals surface area contributed by atoms with E-state index in [9.17, 15) is 5.11 Å². The zero-order valence-corrected chi connectivity index (χ0v) is 11.6. The van der Waals surface area contributed by atoms with Crippen LogP contribution in [-0.4, -0.2) is 26.7 Å². The number of rotatable bonds is 4. The maximum Gasteiger partial charge on any atom is 0.111 e. The summed E-state index contributed by atoms with van der Waals surface area (Å²) in [6.45, 7) is 3.28. The van der Waals surface area contributed by atoms with Crippen LogP contribution in [0.25, 0.3) is 0 Å². The summed E-state index contributed by atoms with van der Waals surface area (Å²) in [6, 6.07) is 8.36. The average Bonchev–Trinajstić information content (AvgIpc) is 2.95. The van der Waals surface area contributed by atoms with Crippen molar-refractivity contribution in [1.82, 2.24) is 15.0 Å². The molecule has 0 radical (unpaired) electrons. The van der Waals surface area contributed by atoms with E-state index in [0.29, 0.717) is 18.7 Å². The van der Waals surface area contributed by atoms with Crippen LogP contribution in [0.1, 0.15) is 42.4 Å². The first-order valence-corrected chi connectivity index (χ1v) is 7.05. The molecule has 1 aliphatic rings. The van der Waals surface area contributed by atoms with Crippen molar-refractivity contribution in [3.63, 3.8) is 0 Å². The van der Waals surface area contributed by atoms with Crippen LogP contribution in [0.4, 0.5) is 0 Å². The summed E-state index contributed by atoms with van der Waals surface area (Å²) in [5.74, 6) is 0. The molecule has 1 aliphatic heterocycles. The molecule has 0 fully saturated rings. The van der Waals surface area contributed by atoms with Gasteiger partial charge in [0.1, 0.15) is 11.8 Å². The largest absolute Gasteiger partial charge is 0.387 e. The molecule has 5 nitrogen and oxygen atoms in total. The summed E-state index contributed by atoms with van der Waals surface area (Å²) in [6.07, 6.45) is 2.87. The molecule has 2 unspecified atom stereocenters. The maximum absolute atomic E-state index is 9.76. The van der Waals surface area contributed by atoms with Gasteiger partial charge in [-0.3, -0.25) is 0 Å². The quantitative estimate of drug-likeness (QED) is 0.926. The van der Waals surface area contributed by atoms with Gasteiger partial charge in [-0.1, -0.05) is 36.4 Å². The third-order valence-corrected chi connectivity index (χ3v) is 3.73. The molecule has 3 rings (SSSR count). The topological polar surface area (TPSA) is 60.2 Å². The summed E-state index contributed by atoms with van der Waals surface area (Å²) in [5.41, 5.74) is 3.20. The number of hydrogen-bond acceptors (Lipinski definition) is 4. The van der Waals surface area contributed by atoms with Crippen LogP contribution in [0.5, 0.6) is 0 Å². The molecule has 2 heterocycles. The van der Waals surface area contributed by atoms with E-state index >= 15 is 0 Å². The molecular formula is C15H19N3O2. The summed E-state index contributed by atoms with van der Waals surface area (Å²) in [4.78, 5) is 0. The number of benzene rings is 1. The van der Waals surface area contributed by atoms with E-state index in [1.165, 1.54) is 11.1 Å². The van der Waals surface area contributed by atoms with E-state index in [1.807, 2.05) is 13.0 Å². The van der Waals surface area contributed by atoms with Gasteiger partial charge in [-0.05, 0) is 24.0 Å². The molecule has 0 spiro atoms. The monoisotopic (exact) mass is 273 g/mol. The zero-order valence-electron chi connectivity index (χ0n) is 11.6. The summed E-state index contributed by atoms with van der Waals surface area (Å²) < 4.78 is 7.60. The third-order valence-electron chi connectivity index (χ3n) is 3.73. The van der Waals surface area contributed by atoms with Crippen molar-refractivity contribution < 1.29 is 9.84 Å². The van der Waals surface area contributed by atoms with Gasteiger partial charge < -0.3 is 9.84 Å². The fourth-order valence-electron chi connectivity index (χ4n) is 2.56. The summed E-state index contributed by atoms with van der Waals surface area (Å²) in [7, 11) is 0. The van der Waals surface area contributed by atoms with Gasteiger partial charge in [0.15, 0.2) is 0 Å². The fourth-order valence-corrected chi connectivity index (χ4v) is 2.56. The number of nitrogens with zero attached hydrogens (tertiary/aromatic N) is 3. The molecule has 5 heteroatoms. The van der Waals surface area contributed by atoms with Crippen LogP contribution in [0.3, 0.4) is 0 Å². The Hall–Kier alpha value is -1.72. The highest BCUT2D eigenvalue weighted by molar-refractivity contribution is 5.30. The highest BCUT2D eigenvalue weighted by atomic mass is 16.5. The van der Waals surface area contributed by atoms with Crippen molar-refractivity contribution in [2.75, 3.05) is 6.61 Å². The molecule has 0 saturated carbocycles. The Morgan fingerprint density at radius 1 is 1.45 bits per heavy atom. The van der Waals surface area contributed by atoms with E-state index in [4.69, 9.17) is 4.74 Å². The van der Waals surface area contributed by atoms with E-state index < -0.39 is 6.10 Å². The van der Waals surface area contributed by atoms with Gasteiger partial charge in [-0.25, -0.2) is 4.68 Å². The summed E-state index contributed by atoms with van der Waals surface area (Å²) in [5, 5.41) is 17.9. The molecule has 0 saturated heterocycles. The minimum absolute atomic E-state index is 0.00766. The predicted octanol–water partition coefficient (Wildman–Crippen LogP) is 2.04. The number of ether oxygens (including phenoxy) is 1. The standard InChI is InChI=1S/C15H19N3O2/c1-2-14(19)13-9-18(17-16-13)10-15-12-6-4-3-5-11(12)7-8-20-15/h3-6,9,14-15,19H,2,7-8,10H2,1H3. The first kappa shape index (κ1) is 13.3. The molecule has 106 valence electrons. The summed E-state index contributed by atoms with van der Waals surface area (Å²) >= 11 is 0. The van der Waals surface area contributed by atoms with E-state index in [2.05, 4.69) is 28.5 Å². The maximum atomic E-state index is 9.76. The van der Waals surface area contributed by atoms with Crippen LogP contribution in [0, 0.1) is 0 Å². The molecule has 2 atom stereocenters. The first-order valence-electron chi connectivity index (χ1n) is 7.05. The smallest absolute Gasteiger partial charge is 0.111 e. The molecule has 1 N–H and O–H groups in total. The SMILES string of the molecule is CCC(O)c1cn(CC2OCCc3ccccc32)nn1. The highest BCUT2D eigenvalue weighted by Crippen LogP contribution is 2.28. The lowest BCUT2D eigenvalue weighted by molar-refractivity contribution is 0.0279. The second-order valence-electron chi connectivity index (χ2n) is 5.10. The number of aliphatic hydroxyl groups excluding tert-OH is 1. The van der Waals surface area contributed by atoms with Crippen LogP contribution in [0.15, 0.2) is 30.5 Å². The first-order chi connectivity index (χ1) is 9.78. The van der Waals surface area contributed by atoms with Gasteiger partial charge in [-0.2, -0.15) is 0 Å². The van der Waals surface area contributed by atoms with Gasteiger partial charge in [0.05, 0.1) is 25.5 Å². The highest BCUT2D eigenvalue weighted by Gasteiger charge is 2.21. The molecule has 1 aromatic carbocycles.